The fraction of sp³-hybridized carbons (Fsp3) is 0.227. The van der Waals surface area contributed by atoms with Crippen molar-refractivity contribution in [3.8, 4) is 0 Å². The second-order valence-electron chi connectivity index (χ2n) is 6.39. The number of esters is 1. The van der Waals surface area contributed by atoms with Crippen molar-refractivity contribution in [2.24, 2.45) is 0 Å². The number of rotatable bonds is 8. The molecule has 150 valence electrons. The van der Waals surface area contributed by atoms with E-state index in [2.05, 4.69) is 10.6 Å². The van der Waals surface area contributed by atoms with E-state index in [1.165, 1.54) is 11.3 Å². The van der Waals surface area contributed by atoms with Gasteiger partial charge in [-0.1, -0.05) is 30.3 Å². The third-order valence-corrected chi connectivity index (χ3v) is 5.25. The topological polar surface area (TPSA) is 84.5 Å². The van der Waals surface area contributed by atoms with Crippen LogP contribution in [0.1, 0.15) is 28.6 Å². The standard InChI is InChI=1S/C22H22N2O4S/c1-2-28-22(27)19-14-16-13-17(8-9-18(16)29-19)24-20(25)10-11-23-21(26)12-15-6-4-3-5-7-15/h3-9,13-14H,2,10-12H2,1H3,(H,23,26)(H,24,25). The van der Waals surface area contributed by atoms with Gasteiger partial charge >= 0.3 is 5.97 Å². The maximum absolute atomic E-state index is 12.2. The quantitative estimate of drug-likeness (QED) is 0.554. The van der Waals surface area contributed by atoms with Crippen LogP contribution in [-0.2, 0) is 20.7 Å². The fourth-order valence-electron chi connectivity index (χ4n) is 2.81. The van der Waals surface area contributed by atoms with E-state index in [9.17, 15) is 14.4 Å². The van der Waals surface area contributed by atoms with Gasteiger partial charge < -0.3 is 15.4 Å². The monoisotopic (exact) mass is 410 g/mol. The lowest BCUT2D eigenvalue weighted by atomic mass is 10.1. The van der Waals surface area contributed by atoms with Crippen molar-refractivity contribution in [1.82, 2.24) is 5.32 Å². The molecule has 0 aliphatic heterocycles. The van der Waals surface area contributed by atoms with Crippen LogP contribution >= 0.6 is 11.3 Å². The normalized spacial score (nSPS) is 10.5. The van der Waals surface area contributed by atoms with Gasteiger partial charge in [-0.05, 0) is 42.1 Å². The number of hydrogen-bond acceptors (Lipinski definition) is 5. The lowest BCUT2D eigenvalue weighted by molar-refractivity contribution is -0.120. The van der Waals surface area contributed by atoms with E-state index in [1.807, 2.05) is 42.5 Å². The van der Waals surface area contributed by atoms with Gasteiger partial charge in [0.1, 0.15) is 4.88 Å². The molecule has 3 rings (SSSR count). The number of fused-ring (bicyclic) bond motifs is 1. The minimum Gasteiger partial charge on any atom is -0.462 e. The average molecular weight is 410 g/mol. The first-order chi connectivity index (χ1) is 14.0. The first kappa shape index (κ1) is 20.5. The van der Waals surface area contributed by atoms with Gasteiger partial charge in [0, 0.05) is 23.4 Å². The molecular formula is C22H22N2O4S. The molecule has 0 bridgehead atoms. The Balaban J connectivity index is 1.49. The Morgan fingerprint density at radius 3 is 2.55 bits per heavy atom. The molecule has 0 radical (unpaired) electrons. The highest BCUT2D eigenvalue weighted by Crippen LogP contribution is 2.28. The maximum atomic E-state index is 12.2. The Hall–Kier alpha value is -3.19. The van der Waals surface area contributed by atoms with E-state index in [4.69, 9.17) is 4.74 Å². The van der Waals surface area contributed by atoms with E-state index in [1.54, 1.807) is 19.1 Å². The zero-order valence-corrected chi connectivity index (χ0v) is 16.9. The molecule has 2 aromatic carbocycles. The molecule has 29 heavy (non-hydrogen) atoms. The molecule has 2 amide bonds. The largest absolute Gasteiger partial charge is 0.462 e. The van der Waals surface area contributed by atoms with Gasteiger partial charge in [0.15, 0.2) is 0 Å². The van der Waals surface area contributed by atoms with Gasteiger partial charge in [-0.3, -0.25) is 9.59 Å². The van der Waals surface area contributed by atoms with E-state index >= 15 is 0 Å². The van der Waals surface area contributed by atoms with Crippen molar-refractivity contribution < 1.29 is 19.1 Å². The number of nitrogens with one attached hydrogen (secondary N) is 2. The smallest absolute Gasteiger partial charge is 0.348 e. The number of ether oxygens (including phenoxy) is 1. The van der Waals surface area contributed by atoms with Crippen molar-refractivity contribution in [3.63, 3.8) is 0 Å². The van der Waals surface area contributed by atoms with Crippen LogP contribution in [0, 0.1) is 0 Å². The number of thiophene rings is 1. The molecule has 1 heterocycles. The molecule has 0 aliphatic rings. The Labute approximate surface area is 172 Å². The van der Waals surface area contributed by atoms with E-state index in [0.717, 1.165) is 15.6 Å². The number of hydrogen-bond donors (Lipinski definition) is 2. The molecule has 0 aliphatic carbocycles. The van der Waals surface area contributed by atoms with Crippen LogP contribution in [0.5, 0.6) is 0 Å². The summed E-state index contributed by atoms with van der Waals surface area (Å²) < 4.78 is 5.96. The summed E-state index contributed by atoms with van der Waals surface area (Å²) in [5, 5.41) is 6.44. The molecule has 6 nitrogen and oxygen atoms in total. The molecule has 1 aromatic heterocycles. The van der Waals surface area contributed by atoms with Crippen LogP contribution in [0.2, 0.25) is 0 Å². The van der Waals surface area contributed by atoms with Crippen LogP contribution in [-0.4, -0.2) is 30.9 Å². The summed E-state index contributed by atoms with van der Waals surface area (Å²) in [5.41, 5.74) is 1.58. The Kier molecular flexibility index (Phi) is 6.97. The van der Waals surface area contributed by atoms with Crippen LogP contribution in [0.25, 0.3) is 10.1 Å². The molecule has 2 N–H and O–H groups in total. The second kappa shape index (κ2) is 9.84. The number of amides is 2. The number of anilines is 1. The fourth-order valence-corrected chi connectivity index (χ4v) is 3.74. The van der Waals surface area contributed by atoms with Crippen molar-refractivity contribution >= 4 is 44.9 Å². The summed E-state index contributed by atoms with van der Waals surface area (Å²) in [5.74, 6) is -0.647. The molecule has 0 fully saturated rings. The van der Waals surface area contributed by atoms with Crippen LogP contribution in [0.3, 0.4) is 0 Å². The summed E-state index contributed by atoms with van der Waals surface area (Å²) in [7, 11) is 0. The predicted octanol–water partition coefficient (Wildman–Crippen LogP) is 3.77. The average Bonchev–Trinajstić information content (AvgIpc) is 3.12. The molecule has 0 unspecified atom stereocenters. The third-order valence-electron chi connectivity index (χ3n) is 4.16. The second-order valence-corrected chi connectivity index (χ2v) is 7.48. The Bertz CT molecular complexity index is 1010. The van der Waals surface area contributed by atoms with E-state index in [-0.39, 0.29) is 30.7 Å². The van der Waals surface area contributed by atoms with Crippen LogP contribution in [0.4, 0.5) is 5.69 Å². The number of carbonyl (C=O) groups is 3. The van der Waals surface area contributed by atoms with Crippen molar-refractivity contribution in [2.75, 3.05) is 18.5 Å². The highest BCUT2D eigenvalue weighted by atomic mass is 32.1. The zero-order chi connectivity index (χ0) is 20.6. The van der Waals surface area contributed by atoms with Crippen LogP contribution in [0.15, 0.2) is 54.6 Å². The van der Waals surface area contributed by atoms with Crippen molar-refractivity contribution in [2.45, 2.75) is 19.8 Å². The van der Waals surface area contributed by atoms with E-state index in [0.29, 0.717) is 23.6 Å². The Morgan fingerprint density at radius 1 is 1.00 bits per heavy atom. The van der Waals surface area contributed by atoms with Gasteiger partial charge in [-0.15, -0.1) is 11.3 Å². The highest BCUT2D eigenvalue weighted by molar-refractivity contribution is 7.20. The van der Waals surface area contributed by atoms with Crippen molar-refractivity contribution in [1.29, 1.82) is 0 Å². The molecule has 7 heteroatoms. The Morgan fingerprint density at radius 2 is 1.79 bits per heavy atom. The molecule has 0 spiro atoms. The first-order valence-electron chi connectivity index (χ1n) is 9.36. The SMILES string of the molecule is CCOC(=O)c1cc2cc(NC(=O)CCNC(=O)Cc3ccccc3)ccc2s1. The molecular weight excluding hydrogens is 388 g/mol. The van der Waals surface area contributed by atoms with Crippen LogP contribution < -0.4 is 10.6 Å². The highest BCUT2D eigenvalue weighted by Gasteiger charge is 2.12. The summed E-state index contributed by atoms with van der Waals surface area (Å²) in [6.45, 7) is 2.37. The number of benzene rings is 2. The maximum Gasteiger partial charge on any atom is 0.348 e. The third kappa shape index (κ3) is 5.89. The molecule has 0 atom stereocenters. The van der Waals surface area contributed by atoms with Gasteiger partial charge in [0.05, 0.1) is 13.0 Å². The first-order valence-corrected chi connectivity index (χ1v) is 10.2. The molecule has 3 aromatic rings. The summed E-state index contributed by atoms with van der Waals surface area (Å²) >= 11 is 1.36. The van der Waals surface area contributed by atoms with Gasteiger partial charge in [-0.2, -0.15) is 0 Å². The molecule has 0 saturated heterocycles. The van der Waals surface area contributed by atoms with Gasteiger partial charge in [0.2, 0.25) is 11.8 Å². The summed E-state index contributed by atoms with van der Waals surface area (Å²) in [6.07, 6.45) is 0.469. The van der Waals surface area contributed by atoms with Gasteiger partial charge in [-0.25, -0.2) is 4.79 Å². The lowest BCUT2D eigenvalue weighted by Gasteiger charge is -2.07. The van der Waals surface area contributed by atoms with E-state index < -0.39 is 0 Å². The summed E-state index contributed by atoms with van der Waals surface area (Å²) in [6, 6.07) is 16.7. The number of carbonyl (C=O) groups excluding carboxylic acids is 3. The minimum atomic E-state index is -0.342. The lowest BCUT2D eigenvalue weighted by Crippen LogP contribution is -2.28. The minimum absolute atomic E-state index is 0.116. The van der Waals surface area contributed by atoms with Crippen molar-refractivity contribution in [3.05, 3.63) is 65.0 Å². The zero-order valence-electron chi connectivity index (χ0n) is 16.1. The molecule has 0 saturated carbocycles. The summed E-state index contributed by atoms with van der Waals surface area (Å²) in [4.78, 5) is 36.5. The predicted molar refractivity (Wildman–Crippen MR) is 114 cm³/mol. The van der Waals surface area contributed by atoms with Gasteiger partial charge in [0.25, 0.3) is 0 Å².